The van der Waals surface area contributed by atoms with Gasteiger partial charge in [-0.3, -0.25) is 4.40 Å². The van der Waals surface area contributed by atoms with E-state index in [2.05, 4.69) is 40.2 Å². The van der Waals surface area contributed by atoms with E-state index in [4.69, 9.17) is 10.7 Å². The Morgan fingerprint density at radius 1 is 1.20 bits per heavy atom. The molecule has 1 saturated carbocycles. The van der Waals surface area contributed by atoms with Gasteiger partial charge in [-0.05, 0) is 58.5 Å². The minimum atomic E-state index is 0.689. The van der Waals surface area contributed by atoms with Crippen LogP contribution in [0.25, 0.3) is 16.9 Å². The van der Waals surface area contributed by atoms with Gasteiger partial charge in [0.1, 0.15) is 11.5 Å². The van der Waals surface area contributed by atoms with Gasteiger partial charge in [-0.25, -0.2) is 4.98 Å². The van der Waals surface area contributed by atoms with Crippen LogP contribution < -0.4 is 5.73 Å². The van der Waals surface area contributed by atoms with E-state index < -0.39 is 0 Å². The third kappa shape index (κ3) is 1.83. The summed E-state index contributed by atoms with van der Waals surface area (Å²) in [5.74, 6) is 1.43. The van der Waals surface area contributed by atoms with E-state index in [1.54, 1.807) is 0 Å². The Morgan fingerprint density at radius 3 is 2.80 bits per heavy atom. The number of aromatic nitrogens is 2. The Morgan fingerprint density at radius 2 is 2.05 bits per heavy atom. The third-order valence-corrected chi connectivity index (χ3v) is 4.47. The van der Waals surface area contributed by atoms with Crippen LogP contribution >= 0.6 is 15.9 Å². The molecule has 100 valence electrons. The summed E-state index contributed by atoms with van der Waals surface area (Å²) in [6.45, 7) is 0. The van der Waals surface area contributed by atoms with Crippen molar-refractivity contribution >= 4 is 27.4 Å². The fourth-order valence-electron chi connectivity index (χ4n) is 2.62. The predicted octanol–water partition coefficient (Wildman–Crippen LogP) is 4.22. The van der Waals surface area contributed by atoms with Gasteiger partial charge in [-0.15, -0.1) is 0 Å². The highest BCUT2D eigenvalue weighted by Crippen LogP contribution is 2.41. The number of rotatable bonds is 2. The van der Waals surface area contributed by atoms with Crippen molar-refractivity contribution in [2.75, 3.05) is 5.73 Å². The zero-order chi connectivity index (χ0) is 13.7. The first-order valence-electron chi connectivity index (χ1n) is 6.76. The molecule has 20 heavy (non-hydrogen) atoms. The number of nitrogens with two attached hydrogens (primary N) is 1. The lowest BCUT2D eigenvalue weighted by Crippen LogP contribution is -1.94. The molecule has 4 heteroatoms. The van der Waals surface area contributed by atoms with Crippen molar-refractivity contribution in [1.29, 1.82) is 0 Å². The fraction of sp³-hybridized carbons (Fsp3) is 0.188. The van der Waals surface area contributed by atoms with E-state index in [-0.39, 0.29) is 0 Å². The quantitative estimate of drug-likeness (QED) is 0.765. The molecule has 4 rings (SSSR count). The van der Waals surface area contributed by atoms with Crippen LogP contribution in [0.1, 0.15) is 24.3 Å². The van der Waals surface area contributed by atoms with Gasteiger partial charge in [-0.1, -0.05) is 18.2 Å². The molecule has 3 aromatic rings. The molecule has 1 fully saturated rings. The number of hydrogen-bond acceptors (Lipinski definition) is 2. The Hall–Kier alpha value is -1.81. The van der Waals surface area contributed by atoms with Crippen LogP contribution in [0.2, 0.25) is 0 Å². The molecular weight excluding hydrogens is 314 g/mol. The van der Waals surface area contributed by atoms with Crippen LogP contribution in [0, 0.1) is 0 Å². The molecule has 2 N–H and O–H groups in total. The highest BCUT2D eigenvalue weighted by atomic mass is 79.9. The smallest absolute Gasteiger partial charge is 0.153 e. The van der Waals surface area contributed by atoms with Crippen molar-refractivity contribution in [3.8, 4) is 11.3 Å². The maximum absolute atomic E-state index is 6.26. The summed E-state index contributed by atoms with van der Waals surface area (Å²) in [5, 5.41) is 0. The Balaban J connectivity index is 1.91. The van der Waals surface area contributed by atoms with Crippen molar-refractivity contribution in [1.82, 2.24) is 9.38 Å². The molecule has 0 spiro atoms. The first-order valence-corrected chi connectivity index (χ1v) is 7.56. The average Bonchev–Trinajstić information content (AvgIpc) is 3.25. The van der Waals surface area contributed by atoms with E-state index in [0.717, 1.165) is 27.3 Å². The van der Waals surface area contributed by atoms with E-state index in [1.807, 2.05) is 22.7 Å². The molecule has 1 aliphatic carbocycles. The molecule has 0 amide bonds. The van der Waals surface area contributed by atoms with Crippen LogP contribution in [0.15, 0.2) is 47.1 Å². The average molecular weight is 328 g/mol. The number of nitrogen functional groups attached to an aromatic ring is 1. The van der Waals surface area contributed by atoms with Crippen LogP contribution in [0.5, 0.6) is 0 Å². The summed E-state index contributed by atoms with van der Waals surface area (Å²) in [5.41, 5.74) is 10.5. The molecule has 0 aliphatic heterocycles. The van der Waals surface area contributed by atoms with Gasteiger partial charge in [0.2, 0.25) is 0 Å². The van der Waals surface area contributed by atoms with Gasteiger partial charge in [0.25, 0.3) is 0 Å². The SMILES string of the molecule is Nc1c(-c2cccc(C3CC3)c2)nc2c(Br)cccn12. The number of benzene rings is 1. The number of imidazole rings is 1. The lowest BCUT2D eigenvalue weighted by atomic mass is 10.1. The Bertz CT molecular complexity index is 803. The topological polar surface area (TPSA) is 43.3 Å². The number of fused-ring (bicyclic) bond motifs is 1. The van der Waals surface area contributed by atoms with Gasteiger partial charge >= 0.3 is 0 Å². The summed E-state index contributed by atoms with van der Waals surface area (Å²) in [6.07, 6.45) is 4.54. The molecule has 0 atom stereocenters. The van der Waals surface area contributed by atoms with Crippen molar-refractivity contribution in [3.05, 3.63) is 52.6 Å². The maximum atomic E-state index is 6.26. The highest BCUT2D eigenvalue weighted by Gasteiger charge is 2.24. The number of pyridine rings is 1. The van der Waals surface area contributed by atoms with Crippen molar-refractivity contribution in [2.24, 2.45) is 0 Å². The number of halogens is 1. The summed E-state index contributed by atoms with van der Waals surface area (Å²) >= 11 is 3.53. The molecule has 1 aliphatic rings. The predicted molar refractivity (Wildman–Crippen MR) is 84.7 cm³/mol. The van der Waals surface area contributed by atoms with Crippen LogP contribution in [-0.2, 0) is 0 Å². The van der Waals surface area contributed by atoms with Crippen LogP contribution in [-0.4, -0.2) is 9.38 Å². The minimum absolute atomic E-state index is 0.689. The lowest BCUT2D eigenvalue weighted by molar-refractivity contribution is 1.13. The molecule has 2 heterocycles. The normalized spacial score (nSPS) is 14.8. The van der Waals surface area contributed by atoms with Crippen molar-refractivity contribution in [2.45, 2.75) is 18.8 Å². The van der Waals surface area contributed by atoms with Crippen LogP contribution in [0.4, 0.5) is 5.82 Å². The van der Waals surface area contributed by atoms with Crippen molar-refractivity contribution < 1.29 is 0 Å². The molecule has 0 saturated heterocycles. The Labute approximate surface area is 125 Å². The maximum Gasteiger partial charge on any atom is 0.153 e. The molecule has 0 unspecified atom stereocenters. The van der Waals surface area contributed by atoms with Gasteiger partial charge in [0.15, 0.2) is 5.65 Å². The lowest BCUT2D eigenvalue weighted by Gasteiger charge is -2.03. The fourth-order valence-corrected chi connectivity index (χ4v) is 3.05. The second kappa shape index (κ2) is 4.35. The van der Waals surface area contributed by atoms with Gasteiger partial charge in [0.05, 0.1) is 4.47 Å². The molecule has 3 nitrogen and oxygen atoms in total. The van der Waals surface area contributed by atoms with E-state index in [9.17, 15) is 0 Å². The molecule has 0 radical (unpaired) electrons. The first-order chi connectivity index (χ1) is 9.74. The standard InChI is InChI=1S/C16H14BrN3/c17-13-5-2-8-20-15(18)14(19-16(13)20)12-4-1-3-11(9-12)10-6-7-10/h1-5,8-10H,6-7,18H2. The number of hydrogen-bond donors (Lipinski definition) is 1. The van der Waals surface area contributed by atoms with Gasteiger partial charge in [0, 0.05) is 11.8 Å². The van der Waals surface area contributed by atoms with E-state index in [0.29, 0.717) is 5.82 Å². The summed E-state index contributed by atoms with van der Waals surface area (Å²) < 4.78 is 2.87. The molecule has 1 aromatic carbocycles. The van der Waals surface area contributed by atoms with Crippen molar-refractivity contribution in [3.63, 3.8) is 0 Å². The zero-order valence-corrected chi connectivity index (χ0v) is 12.5. The summed E-state index contributed by atoms with van der Waals surface area (Å²) in [4.78, 5) is 4.69. The molecular formula is C16H14BrN3. The third-order valence-electron chi connectivity index (χ3n) is 3.85. The second-order valence-electron chi connectivity index (χ2n) is 5.30. The molecule has 2 aromatic heterocycles. The summed E-state index contributed by atoms with van der Waals surface area (Å²) in [6, 6.07) is 12.5. The summed E-state index contributed by atoms with van der Waals surface area (Å²) in [7, 11) is 0. The van der Waals surface area contributed by atoms with Crippen LogP contribution in [0.3, 0.4) is 0 Å². The largest absolute Gasteiger partial charge is 0.383 e. The zero-order valence-electron chi connectivity index (χ0n) is 10.9. The number of anilines is 1. The number of nitrogens with zero attached hydrogens (tertiary/aromatic N) is 2. The monoisotopic (exact) mass is 327 g/mol. The second-order valence-corrected chi connectivity index (χ2v) is 6.15. The van der Waals surface area contributed by atoms with E-state index >= 15 is 0 Å². The highest BCUT2D eigenvalue weighted by molar-refractivity contribution is 9.10. The Kier molecular flexibility index (Phi) is 2.60. The molecule has 0 bridgehead atoms. The van der Waals surface area contributed by atoms with Gasteiger partial charge in [-0.2, -0.15) is 0 Å². The van der Waals surface area contributed by atoms with E-state index in [1.165, 1.54) is 18.4 Å². The van der Waals surface area contributed by atoms with Gasteiger partial charge < -0.3 is 5.73 Å². The minimum Gasteiger partial charge on any atom is -0.383 e. The first kappa shape index (κ1) is 12.0.